The lowest BCUT2D eigenvalue weighted by molar-refractivity contribution is -0.344. The average Bonchev–Trinajstić information content (AvgIpc) is 2.19. The first-order valence-corrected chi connectivity index (χ1v) is 4.69. The minimum absolute atomic E-state index is 0.207. The van der Waals surface area contributed by atoms with Crippen molar-refractivity contribution in [1.82, 2.24) is 0 Å². The molecule has 1 heterocycles. The Hall–Kier alpha value is -0.860. The van der Waals surface area contributed by atoms with Gasteiger partial charge in [-0.25, -0.2) is 9.78 Å². The monoisotopic (exact) mass is 178 g/mol. The van der Waals surface area contributed by atoms with Crippen LogP contribution in [0.2, 0.25) is 0 Å². The van der Waals surface area contributed by atoms with Crippen LogP contribution in [0, 0.1) is 0 Å². The van der Waals surface area contributed by atoms with Gasteiger partial charge in [0.25, 0.3) is 0 Å². The maximum Gasteiger partial charge on any atom is 0.0908 e. The number of benzene rings is 1. The van der Waals surface area contributed by atoms with Gasteiger partial charge in [0.2, 0.25) is 0 Å². The minimum atomic E-state index is 0.207. The third-order valence-electron chi connectivity index (χ3n) is 2.39. The molecule has 2 nitrogen and oxygen atoms in total. The molecule has 0 bridgehead atoms. The van der Waals surface area contributed by atoms with Gasteiger partial charge in [-0.1, -0.05) is 30.3 Å². The summed E-state index contributed by atoms with van der Waals surface area (Å²) in [6.07, 6.45) is 1.25. The van der Waals surface area contributed by atoms with Crippen molar-refractivity contribution in [3.05, 3.63) is 35.9 Å². The first kappa shape index (κ1) is 8.73. The van der Waals surface area contributed by atoms with Gasteiger partial charge < -0.3 is 0 Å². The maximum absolute atomic E-state index is 5.05. The van der Waals surface area contributed by atoms with E-state index in [2.05, 4.69) is 24.3 Å². The lowest BCUT2D eigenvalue weighted by Crippen LogP contribution is -2.24. The summed E-state index contributed by atoms with van der Waals surface area (Å²) >= 11 is 0. The third kappa shape index (κ3) is 2.08. The van der Waals surface area contributed by atoms with Crippen molar-refractivity contribution >= 4 is 0 Å². The Morgan fingerprint density at radius 1 is 1.23 bits per heavy atom. The van der Waals surface area contributed by atoms with Gasteiger partial charge in [0, 0.05) is 5.92 Å². The Balaban J connectivity index is 2.08. The van der Waals surface area contributed by atoms with Crippen molar-refractivity contribution in [3.8, 4) is 0 Å². The van der Waals surface area contributed by atoms with E-state index in [9.17, 15) is 0 Å². The summed E-state index contributed by atoms with van der Waals surface area (Å²) in [6.45, 7) is 2.71. The molecular weight excluding hydrogens is 164 g/mol. The molecule has 2 unspecified atom stereocenters. The Labute approximate surface area is 78.4 Å². The van der Waals surface area contributed by atoms with Gasteiger partial charge in [-0.2, -0.15) is 0 Å². The van der Waals surface area contributed by atoms with Crippen LogP contribution in [-0.4, -0.2) is 12.7 Å². The summed E-state index contributed by atoms with van der Waals surface area (Å²) in [7, 11) is 0. The fourth-order valence-corrected chi connectivity index (χ4v) is 1.70. The second-order valence-electron chi connectivity index (χ2n) is 3.53. The first-order chi connectivity index (χ1) is 6.36. The molecule has 0 N–H and O–H groups in total. The van der Waals surface area contributed by atoms with Crippen LogP contribution in [0.5, 0.6) is 0 Å². The van der Waals surface area contributed by atoms with Crippen LogP contribution in [-0.2, 0) is 9.78 Å². The fraction of sp³-hybridized carbons (Fsp3) is 0.455. The number of hydrogen-bond donors (Lipinski definition) is 0. The summed E-state index contributed by atoms with van der Waals surface area (Å²) in [6, 6.07) is 10.5. The molecule has 70 valence electrons. The van der Waals surface area contributed by atoms with Crippen LogP contribution in [0.4, 0.5) is 0 Å². The molecule has 1 aromatic carbocycles. The number of hydrogen-bond acceptors (Lipinski definition) is 2. The lowest BCUT2D eigenvalue weighted by Gasteiger charge is -2.26. The highest BCUT2D eigenvalue weighted by Crippen LogP contribution is 2.26. The van der Waals surface area contributed by atoms with Gasteiger partial charge in [0.1, 0.15) is 0 Å². The van der Waals surface area contributed by atoms with Crippen LogP contribution in [0.3, 0.4) is 0 Å². The van der Waals surface area contributed by atoms with E-state index in [4.69, 9.17) is 9.78 Å². The molecule has 2 atom stereocenters. The highest BCUT2D eigenvalue weighted by molar-refractivity contribution is 5.19. The van der Waals surface area contributed by atoms with Gasteiger partial charge in [-0.15, -0.1) is 0 Å². The largest absolute Gasteiger partial charge is 0.236 e. The first-order valence-electron chi connectivity index (χ1n) is 4.69. The Morgan fingerprint density at radius 3 is 2.69 bits per heavy atom. The topological polar surface area (TPSA) is 18.5 Å². The molecule has 0 saturated carbocycles. The van der Waals surface area contributed by atoms with Crippen molar-refractivity contribution in [2.24, 2.45) is 0 Å². The molecule has 13 heavy (non-hydrogen) atoms. The molecule has 1 aromatic rings. The molecule has 0 aromatic heterocycles. The van der Waals surface area contributed by atoms with E-state index >= 15 is 0 Å². The Kier molecular flexibility index (Phi) is 2.62. The summed E-state index contributed by atoms with van der Waals surface area (Å²) in [5, 5.41) is 0. The predicted molar refractivity (Wildman–Crippen MR) is 50.3 cm³/mol. The van der Waals surface area contributed by atoms with E-state index in [1.807, 2.05) is 13.0 Å². The SMILES string of the molecule is CC1CC(c2ccccc2)COO1. The smallest absolute Gasteiger partial charge is 0.0908 e. The number of rotatable bonds is 1. The molecule has 1 fully saturated rings. The normalized spacial score (nSPS) is 28.7. The molecule has 0 amide bonds. The molecule has 2 heteroatoms. The molecule has 1 saturated heterocycles. The average molecular weight is 178 g/mol. The van der Waals surface area contributed by atoms with Crippen LogP contribution >= 0.6 is 0 Å². The second kappa shape index (κ2) is 3.90. The predicted octanol–water partition coefficient (Wildman–Crippen LogP) is 2.51. The van der Waals surface area contributed by atoms with Crippen molar-refractivity contribution in [2.75, 3.05) is 6.61 Å². The lowest BCUT2D eigenvalue weighted by atomic mass is 9.94. The second-order valence-corrected chi connectivity index (χ2v) is 3.53. The maximum atomic E-state index is 5.05. The summed E-state index contributed by atoms with van der Waals surface area (Å²) in [5.74, 6) is 0.491. The quantitative estimate of drug-likeness (QED) is 0.615. The zero-order valence-corrected chi connectivity index (χ0v) is 7.77. The third-order valence-corrected chi connectivity index (χ3v) is 2.39. The highest BCUT2D eigenvalue weighted by atomic mass is 17.2. The van der Waals surface area contributed by atoms with E-state index in [1.54, 1.807) is 0 Å². The van der Waals surface area contributed by atoms with E-state index in [-0.39, 0.29) is 6.10 Å². The van der Waals surface area contributed by atoms with Gasteiger partial charge >= 0.3 is 0 Å². The van der Waals surface area contributed by atoms with Crippen molar-refractivity contribution in [1.29, 1.82) is 0 Å². The molecule has 1 aliphatic heterocycles. The molecular formula is C11H14O2. The Morgan fingerprint density at radius 2 is 2.00 bits per heavy atom. The summed E-state index contributed by atoms with van der Waals surface area (Å²) in [5.41, 5.74) is 1.35. The highest BCUT2D eigenvalue weighted by Gasteiger charge is 2.21. The molecule has 0 aliphatic carbocycles. The van der Waals surface area contributed by atoms with Gasteiger partial charge in [-0.3, -0.25) is 0 Å². The molecule has 2 rings (SSSR count). The van der Waals surface area contributed by atoms with E-state index in [0.29, 0.717) is 12.5 Å². The van der Waals surface area contributed by atoms with Gasteiger partial charge in [-0.05, 0) is 18.9 Å². The van der Waals surface area contributed by atoms with Crippen LogP contribution in [0.25, 0.3) is 0 Å². The fourth-order valence-electron chi connectivity index (χ4n) is 1.70. The van der Waals surface area contributed by atoms with E-state index in [1.165, 1.54) is 5.56 Å². The molecule has 1 aliphatic rings. The molecule has 0 radical (unpaired) electrons. The van der Waals surface area contributed by atoms with Gasteiger partial charge in [0.15, 0.2) is 0 Å². The minimum Gasteiger partial charge on any atom is -0.236 e. The standard InChI is InChI=1S/C11H14O2/c1-9-7-11(8-12-13-9)10-5-3-2-4-6-10/h2-6,9,11H,7-8H2,1H3. The zero-order valence-electron chi connectivity index (χ0n) is 7.77. The zero-order chi connectivity index (χ0) is 9.10. The van der Waals surface area contributed by atoms with Crippen molar-refractivity contribution in [2.45, 2.75) is 25.4 Å². The summed E-state index contributed by atoms with van der Waals surface area (Å²) < 4.78 is 0. The van der Waals surface area contributed by atoms with Gasteiger partial charge in [0.05, 0.1) is 12.7 Å². The van der Waals surface area contributed by atoms with Crippen LogP contribution in [0.15, 0.2) is 30.3 Å². The van der Waals surface area contributed by atoms with E-state index in [0.717, 1.165) is 6.42 Å². The molecule has 0 spiro atoms. The van der Waals surface area contributed by atoms with Crippen LogP contribution in [0.1, 0.15) is 24.8 Å². The Bertz CT molecular complexity index is 258. The van der Waals surface area contributed by atoms with Crippen LogP contribution < -0.4 is 0 Å². The van der Waals surface area contributed by atoms with E-state index < -0.39 is 0 Å². The summed E-state index contributed by atoms with van der Waals surface area (Å²) in [4.78, 5) is 10.1. The van der Waals surface area contributed by atoms with Crippen molar-refractivity contribution in [3.63, 3.8) is 0 Å². The van der Waals surface area contributed by atoms with Crippen molar-refractivity contribution < 1.29 is 9.78 Å².